The number of carbonyl (C=O) groups is 1. The van der Waals surface area contributed by atoms with Crippen molar-refractivity contribution in [3.8, 4) is 0 Å². The van der Waals surface area contributed by atoms with Crippen LogP contribution in [0.3, 0.4) is 0 Å². The lowest BCUT2D eigenvalue weighted by atomic mass is 10.1. The van der Waals surface area contributed by atoms with Gasteiger partial charge < -0.3 is 15.0 Å². The number of carbonyl (C=O) groups excluding carboxylic acids is 1. The molecule has 1 heterocycles. The molecule has 1 fully saturated rings. The number of piperidine rings is 1. The van der Waals surface area contributed by atoms with E-state index in [-0.39, 0.29) is 12.0 Å². The molecule has 1 amide bonds. The summed E-state index contributed by atoms with van der Waals surface area (Å²) >= 11 is 6.01. The predicted molar refractivity (Wildman–Crippen MR) is 81.6 cm³/mol. The normalized spacial score (nSPS) is 18.9. The minimum absolute atomic E-state index is 0.0150. The van der Waals surface area contributed by atoms with Gasteiger partial charge in [0.15, 0.2) is 0 Å². The van der Waals surface area contributed by atoms with Crippen molar-refractivity contribution in [3.63, 3.8) is 0 Å². The van der Waals surface area contributed by atoms with Crippen molar-refractivity contribution >= 4 is 23.2 Å². The molecule has 0 saturated carbocycles. The summed E-state index contributed by atoms with van der Waals surface area (Å²) in [4.78, 5) is 14.5. The van der Waals surface area contributed by atoms with Crippen LogP contribution in [0.2, 0.25) is 5.02 Å². The van der Waals surface area contributed by atoms with Gasteiger partial charge in [0.1, 0.15) is 0 Å². The highest BCUT2D eigenvalue weighted by molar-refractivity contribution is 6.31. The third-order valence-electron chi connectivity index (χ3n) is 3.55. The molecule has 5 heteroatoms. The van der Waals surface area contributed by atoms with Gasteiger partial charge in [-0.1, -0.05) is 11.6 Å². The van der Waals surface area contributed by atoms with E-state index in [1.807, 2.05) is 17.9 Å². The maximum Gasteiger partial charge on any atom is 0.256 e. The fourth-order valence-corrected chi connectivity index (χ4v) is 2.75. The van der Waals surface area contributed by atoms with E-state index in [4.69, 9.17) is 16.3 Å². The molecule has 20 heavy (non-hydrogen) atoms. The molecular formula is C15H21ClN2O2. The van der Waals surface area contributed by atoms with Crippen LogP contribution in [0, 0.1) is 0 Å². The van der Waals surface area contributed by atoms with Gasteiger partial charge in [-0.05, 0) is 38.0 Å². The Morgan fingerprint density at radius 2 is 2.35 bits per heavy atom. The molecule has 0 spiro atoms. The lowest BCUT2D eigenvalue weighted by Crippen LogP contribution is -2.43. The first-order chi connectivity index (χ1) is 9.65. The SMILES string of the molecule is CCOC1CCCN(C(=O)c2cc(Cl)ccc2NC)C1. The summed E-state index contributed by atoms with van der Waals surface area (Å²) in [5, 5.41) is 3.62. The lowest BCUT2D eigenvalue weighted by Gasteiger charge is -2.33. The van der Waals surface area contributed by atoms with Crippen LogP contribution in [0.5, 0.6) is 0 Å². The zero-order chi connectivity index (χ0) is 14.5. The van der Waals surface area contributed by atoms with E-state index in [0.29, 0.717) is 23.7 Å². The monoisotopic (exact) mass is 296 g/mol. The zero-order valence-electron chi connectivity index (χ0n) is 12.0. The summed E-state index contributed by atoms with van der Waals surface area (Å²) < 4.78 is 5.64. The largest absolute Gasteiger partial charge is 0.387 e. The maximum atomic E-state index is 12.7. The Kier molecular flexibility index (Phi) is 5.26. The summed E-state index contributed by atoms with van der Waals surface area (Å²) in [6.07, 6.45) is 2.15. The molecule has 0 radical (unpaired) electrons. The van der Waals surface area contributed by atoms with Crippen molar-refractivity contribution in [3.05, 3.63) is 28.8 Å². The molecule has 0 bridgehead atoms. The molecular weight excluding hydrogens is 276 g/mol. The summed E-state index contributed by atoms with van der Waals surface area (Å²) in [5.41, 5.74) is 1.43. The van der Waals surface area contributed by atoms with Crippen LogP contribution in [0.25, 0.3) is 0 Å². The summed E-state index contributed by atoms with van der Waals surface area (Å²) in [5.74, 6) is 0.0150. The van der Waals surface area contributed by atoms with E-state index in [9.17, 15) is 4.79 Å². The second kappa shape index (κ2) is 6.95. The average molecular weight is 297 g/mol. The van der Waals surface area contributed by atoms with Crippen LogP contribution >= 0.6 is 11.6 Å². The van der Waals surface area contributed by atoms with Crippen molar-refractivity contribution in [1.29, 1.82) is 0 Å². The number of rotatable bonds is 4. The van der Waals surface area contributed by atoms with Crippen molar-refractivity contribution < 1.29 is 9.53 Å². The van der Waals surface area contributed by atoms with Gasteiger partial charge in [0.25, 0.3) is 5.91 Å². The van der Waals surface area contributed by atoms with E-state index in [1.165, 1.54) is 0 Å². The standard InChI is InChI=1S/C15H21ClN2O2/c1-3-20-12-5-4-8-18(10-12)15(19)13-9-11(16)6-7-14(13)17-2/h6-7,9,12,17H,3-5,8,10H2,1-2H3. The Hall–Kier alpha value is -1.26. The third-order valence-corrected chi connectivity index (χ3v) is 3.78. The summed E-state index contributed by atoms with van der Waals surface area (Å²) in [6, 6.07) is 5.34. The molecule has 0 aromatic heterocycles. The minimum Gasteiger partial charge on any atom is -0.387 e. The van der Waals surface area contributed by atoms with Crippen LogP contribution in [0.15, 0.2) is 18.2 Å². The van der Waals surface area contributed by atoms with Crippen LogP contribution < -0.4 is 5.32 Å². The third kappa shape index (κ3) is 3.44. The number of nitrogens with one attached hydrogen (secondary N) is 1. The quantitative estimate of drug-likeness (QED) is 0.928. The highest BCUT2D eigenvalue weighted by Crippen LogP contribution is 2.24. The fourth-order valence-electron chi connectivity index (χ4n) is 2.58. The molecule has 1 N–H and O–H groups in total. The van der Waals surface area contributed by atoms with Gasteiger partial charge in [-0.3, -0.25) is 4.79 Å². The molecule has 1 unspecified atom stereocenters. The molecule has 110 valence electrons. The van der Waals surface area contributed by atoms with Crippen LogP contribution in [0.4, 0.5) is 5.69 Å². The summed E-state index contributed by atoms with van der Waals surface area (Å²) in [6.45, 7) is 4.10. The van der Waals surface area contributed by atoms with E-state index >= 15 is 0 Å². The van der Waals surface area contributed by atoms with Crippen LogP contribution in [-0.4, -0.2) is 43.7 Å². The molecule has 1 aliphatic rings. The number of ether oxygens (including phenoxy) is 1. The molecule has 2 rings (SSSR count). The molecule has 1 atom stereocenters. The number of amides is 1. The fraction of sp³-hybridized carbons (Fsp3) is 0.533. The lowest BCUT2D eigenvalue weighted by molar-refractivity contribution is 0.00728. The number of nitrogens with zero attached hydrogens (tertiary/aromatic N) is 1. The highest BCUT2D eigenvalue weighted by Gasteiger charge is 2.26. The average Bonchev–Trinajstić information content (AvgIpc) is 2.47. The second-order valence-electron chi connectivity index (χ2n) is 4.91. The van der Waals surface area contributed by atoms with Crippen molar-refractivity contribution in [1.82, 2.24) is 4.90 Å². The Labute approximate surface area is 125 Å². The Morgan fingerprint density at radius 3 is 3.05 bits per heavy atom. The van der Waals surface area contributed by atoms with Gasteiger partial charge in [0.2, 0.25) is 0 Å². The smallest absolute Gasteiger partial charge is 0.256 e. The number of hydrogen-bond donors (Lipinski definition) is 1. The molecule has 1 aromatic carbocycles. The number of benzene rings is 1. The van der Waals surface area contributed by atoms with Gasteiger partial charge in [0.05, 0.1) is 11.7 Å². The van der Waals surface area contributed by atoms with E-state index < -0.39 is 0 Å². The molecule has 1 saturated heterocycles. The first-order valence-corrected chi connectivity index (χ1v) is 7.41. The van der Waals surface area contributed by atoms with Gasteiger partial charge in [0, 0.05) is 37.5 Å². The van der Waals surface area contributed by atoms with Gasteiger partial charge >= 0.3 is 0 Å². The molecule has 1 aromatic rings. The summed E-state index contributed by atoms with van der Waals surface area (Å²) in [7, 11) is 1.80. The molecule has 4 nitrogen and oxygen atoms in total. The van der Waals surface area contributed by atoms with Crippen molar-refractivity contribution in [2.45, 2.75) is 25.9 Å². The maximum absolute atomic E-state index is 12.7. The number of hydrogen-bond acceptors (Lipinski definition) is 3. The first kappa shape index (κ1) is 15.1. The number of halogens is 1. The molecule has 0 aliphatic carbocycles. The Balaban J connectivity index is 2.16. The van der Waals surface area contributed by atoms with Crippen molar-refractivity contribution in [2.24, 2.45) is 0 Å². The second-order valence-corrected chi connectivity index (χ2v) is 5.35. The first-order valence-electron chi connectivity index (χ1n) is 7.04. The van der Waals surface area contributed by atoms with E-state index in [2.05, 4.69) is 5.32 Å². The Bertz CT molecular complexity index is 477. The molecule has 1 aliphatic heterocycles. The Morgan fingerprint density at radius 1 is 1.55 bits per heavy atom. The van der Waals surface area contributed by atoms with Crippen LogP contribution in [-0.2, 0) is 4.74 Å². The number of anilines is 1. The highest BCUT2D eigenvalue weighted by atomic mass is 35.5. The topological polar surface area (TPSA) is 41.6 Å². The minimum atomic E-state index is 0.0150. The van der Waals surface area contributed by atoms with Gasteiger partial charge in [-0.25, -0.2) is 0 Å². The van der Waals surface area contributed by atoms with E-state index in [0.717, 1.165) is 25.1 Å². The van der Waals surface area contributed by atoms with Crippen molar-refractivity contribution in [2.75, 3.05) is 32.1 Å². The van der Waals surface area contributed by atoms with Gasteiger partial charge in [-0.2, -0.15) is 0 Å². The number of likely N-dealkylation sites (tertiary alicyclic amines) is 1. The van der Waals surface area contributed by atoms with Gasteiger partial charge in [-0.15, -0.1) is 0 Å². The predicted octanol–water partition coefficient (Wildman–Crippen LogP) is 3.02. The van der Waals surface area contributed by atoms with E-state index in [1.54, 1.807) is 19.2 Å². The van der Waals surface area contributed by atoms with Crippen LogP contribution in [0.1, 0.15) is 30.1 Å². The zero-order valence-corrected chi connectivity index (χ0v) is 12.7.